The van der Waals surface area contributed by atoms with E-state index in [4.69, 9.17) is 16.3 Å². The number of hydrogen-bond donors (Lipinski definition) is 3. The molecule has 1 aliphatic rings. The van der Waals surface area contributed by atoms with Crippen LogP contribution in [0.1, 0.15) is 12.5 Å². The average Bonchev–Trinajstić information content (AvgIpc) is 2.48. The van der Waals surface area contributed by atoms with E-state index in [1.807, 2.05) is 19.9 Å². The van der Waals surface area contributed by atoms with Crippen LogP contribution in [0.3, 0.4) is 0 Å². The monoisotopic (exact) mass is 325 g/mol. The zero-order chi connectivity index (χ0) is 16.1. The van der Waals surface area contributed by atoms with Gasteiger partial charge in [0.05, 0.1) is 30.0 Å². The Bertz CT molecular complexity index is 565. The van der Waals surface area contributed by atoms with Gasteiger partial charge in [0.25, 0.3) is 0 Å². The number of amides is 2. The maximum absolute atomic E-state index is 12.0. The lowest BCUT2D eigenvalue weighted by molar-refractivity contribution is -0.130. The largest absolute Gasteiger partial charge is 0.375 e. The molecule has 22 heavy (non-hydrogen) atoms. The Kier molecular flexibility index (Phi) is 5.76. The number of carbonyl (C=O) groups is 2. The van der Waals surface area contributed by atoms with Gasteiger partial charge in [0.15, 0.2) is 0 Å². The van der Waals surface area contributed by atoms with E-state index in [9.17, 15) is 9.59 Å². The van der Waals surface area contributed by atoms with Crippen LogP contribution in [-0.4, -0.2) is 43.7 Å². The van der Waals surface area contributed by atoms with Crippen molar-refractivity contribution in [3.8, 4) is 0 Å². The number of benzene rings is 1. The molecule has 0 aromatic heterocycles. The molecule has 1 aliphatic heterocycles. The highest BCUT2D eigenvalue weighted by atomic mass is 35.5. The maximum atomic E-state index is 12.0. The number of aryl methyl sites for hydroxylation is 1. The SMILES string of the molecule is Cc1ccc(NC(=O)CNC(=O)[C@H]2NCCO[C@@H]2C)c(Cl)c1. The van der Waals surface area contributed by atoms with Crippen LogP contribution in [0, 0.1) is 6.92 Å². The molecule has 0 unspecified atom stereocenters. The molecule has 120 valence electrons. The van der Waals surface area contributed by atoms with E-state index >= 15 is 0 Å². The van der Waals surface area contributed by atoms with Gasteiger partial charge in [-0.3, -0.25) is 9.59 Å². The highest BCUT2D eigenvalue weighted by Gasteiger charge is 2.28. The Balaban J connectivity index is 1.83. The summed E-state index contributed by atoms with van der Waals surface area (Å²) in [5.41, 5.74) is 1.53. The van der Waals surface area contributed by atoms with Crippen LogP contribution in [0.2, 0.25) is 5.02 Å². The Morgan fingerprint density at radius 2 is 2.23 bits per heavy atom. The average molecular weight is 326 g/mol. The summed E-state index contributed by atoms with van der Waals surface area (Å²) in [6.07, 6.45) is -0.219. The Hall–Kier alpha value is -1.63. The number of carbonyl (C=O) groups excluding carboxylic acids is 2. The third-order valence-corrected chi connectivity index (χ3v) is 3.73. The molecule has 0 saturated carbocycles. The van der Waals surface area contributed by atoms with Crippen molar-refractivity contribution in [2.45, 2.75) is 26.0 Å². The molecule has 2 atom stereocenters. The van der Waals surface area contributed by atoms with Gasteiger partial charge in [0.1, 0.15) is 6.04 Å². The quantitative estimate of drug-likeness (QED) is 0.774. The van der Waals surface area contributed by atoms with Crippen LogP contribution in [0.25, 0.3) is 0 Å². The number of nitrogens with one attached hydrogen (secondary N) is 3. The maximum Gasteiger partial charge on any atom is 0.243 e. The van der Waals surface area contributed by atoms with Gasteiger partial charge in [-0.2, -0.15) is 0 Å². The number of morpholine rings is 1. The predicted octanol–water partition coefficient (Wildman–Crippen LogP) is 1.08. The van der Waals surface area contributed by atoms with E-state index in [1.54, 1.807) is 12.1 Å². The second-order valence-corrected chi connectivity index (χ2v) is 5.66. The van der Waals surface area contributed by atoms with Crippen molar-refractivity contribution < 1.29 is 14.3 Å². The standard InChI is InChI=1S/C15H20ClN3O3/c1-9-3-4-12(11(16)7-9)19-13(20)8-18-15(21)14-10(2)22-6-5-17-14/h3-4,7,10,14,17H,5-6,8H2,1-2H3,(H,18,21)(H,19,20)/t10-,14+/m1/s1. The Morgan fingerprint density at radius 1 is 1.45 bits per heavy atom. The van der Waals surface area contributed by atoms with E-state index in [0.29, 0.717) is 23.9 Å². The summed E-state index contributed by atoms with van der Waals surface area (Å²) >= 11 is 6.05. The van der Waals surface area contributed by atoms with Gasteiger partial charge in [-0.25, -0.2) is 0 Å². The molecule has 1 aromatic carbocycles. The lowest BCUT2D eigenvalue weighted by Gasteiger charge is -2.29. The molecule has 0 spiro atoms. The van der Waals surface area contributed by atoms with Crippen LogP contribution in [0.4, 0.5) is 5.69 Å². The van der Waals surface area contributed by atoms with Crippen LogP contribution >= 0.6 is 11.6 Å². The zero-order valence-electron chi connectivity index (χ0n) is 12.6. The van der Waals surface area contributed by atoms with Crippen molar-refractivity contribution in [2.24, 2.45) is 0 Å². The van der Waals surface area contributed by atoms with Crippen LogP contribution in [0.5, 0.6) is 0 Å². The van der Waals surface area contributed by atoms with Crippen LogP contribution in [-0.2, 0) is 14.3 Å². The number of rotatable bonds is 4. The fraction of sp³-hybridized carbons (Fsp3) is 0.467. The number of halogens is 1. The molecule has 1 aromatic rings. The van der Waals surface area contributed by atoms with Gasteiger partial charge >= 0.3 is 0 Å². The van der Waals surface area contributed by atoms with E-state index in [1.165, 1.54) is 0 Å². The summed E-state index contributed by atoms with van der Waals surface area (Å²) in [6.45, 7) is 4.82. The summed E-state index contributed by atoms with van der Waals surface area (Å²) in [6, 6.07) is 4.91. The topological polar surface area (TPSA) is 79.5 Å². The second kappa shape index (κ2) is 7.58. The minimum Gasteiger partial charge on any atom is -0.375 e. The second-order valence-electron chi connectivity index (χ2n) is 5.26. The van der Waals surface area contributed by atoms with E-state index < -0.39 is 6.04 Å². The summed E-state index contributed by atoms with van der Waals surface area (Å²) in [5, 5.41) is 8.80. The van der Waals surface area contributed by atoms with Gasteiger partial charge in [0.2, 0.25) is 11.8 Å². The van der Waals surface area contributed by atoms with Crippen LogP contribution in [0.15, 0.2) is 18.2 Å². The molecule has 2 rings (SSSR count). The van der Waals surface area contributed by atoms with Gasteiger partial charge in [-0.1, -0.05) is 17.7 Å². The fourth-order valence-corrected chi connectivity index (χ4v) is 2.50. The highest BCUT2D eigenvalue weighted by Crippen LogP contribution is 2.22. The molecule has 3 N–H and O–H groups in total. The highest BCUT2D eigenvalue weighted by molar-refractivity contribution is 6.33. The molecule has 1 saturated heterocycles. The lowest BCUT2D eigenvalue weighted by Crippen LogP contribution is -2.56. The van der Waals surface area contributed by atoms with Gasteiger partial charge in [-0.05, 0) is 31.5 Å². The fourth-order valence-electron chi connectivity index (χ4n) is 2.22. The van der Waals surface area contributed by atoms with E-state index in [2.05, 4.69) is 16.0 Å². The summed E-state index contributed by atoms with van der Waals surface area (Å²) in [4.78, 5) is 23.9. The van der Waals surface area contributed by atoms with Crippen molar-refractivity contribution in [3.63, 3.8) is 0 Å². The number of anilines is 1. The first-order valence-corrected chi connectivity index (χ1v) is 7.54. The van der Waals surface area contributed by atoms with Gasteiger partial charge < -0.3 is 20.7 Å². The first-order chi connectivity index (χ1) is 10.5. The summed E-state index contributed by atoms with van der Waals surface area (Å²) < 4.78 is 5.40. The first kappa shape index (κ1) is 16.7. The summed E-state index contributed by atoms with van der Waals surface area (Å²) in [5.74, 6) is -0.583. The molecular weight excluding hydrogens is 306 g/mol. The normalized spacial score (nSPS) is 21.2. The van der Waals surface area contributed by atoms with Gasteiger partial charge in [0, 0.05) is 6.54 Å². The van der Waals surface area contributed by atoms with Crippen molar-refractivity contribution >= 4 is 29.1 Å². The molecule has 1 heterocycles. The van der Waals surface area contributed by atoms with Crippen molar-refractivity contribution in [2.75, 3.05) is 25.0 Å². The molecule has 0 bridgehead atoms. The van der Waals surface area contributed by atoms with Crippen molar-refractivity contribution in [3.05, 3.63) is 28.8 Å². The Labute approximate surface area is 134 Å². The Morgan fingerprint density at radius 3 is 2.91 bits per heavy atom. The van der Waals surface area contributed by atoms with E-state index in [-0.39, 0.29) is 24.5 Å². The van der Waals surface area contributed by atoms with Crippen molar-refractivity contribution in [1.82, 2.24) is 10.6 Å². The van der Waals surface area contributed by atoms with Crippen molar-refractivity contribution in [1.29, 1.82) is 0 Å². The molecule has 2 amide bonds. The number of ether oxygens (including phenoxy) is 1. The molecule has 1 fully saturated rings. The summed E-state index contributed by atoms with van der Waals surface area (Å²) in [7, 11) is 0. The smallest absolute Gasteiger partial charge is 0.243 e. The van der Waals surface area contributed by atoms with E-state index in [0.717, 1.165) is 5.56 Å². The molecular formula is C15H20ClN3O3. The first-order valence-electron chi connectivity index (χ1n) is 7.16. The van der Waals surface area contributed by atoms with Crippen LogP contribution < -0.4 is 16.0 Å². The third kappa shape index (κ3) is 4.43. The molecule has 7 heteroatoms. The molecule has 0 radical (unpaired) electrons. The minimum absolute atomic E-state index is 0.117. The zero-order valence-corrected chi connectivity index (χ0v) is 13.4. The number of hydrogen-bond acceptors (Lipinski definition) is 4. The van der Waals surface area contributed by atoms with Gasteiger partial charge in [-0.15, -0.1) is 0 Å². The lowest BCUT2D eigenvalue weighted by atomic mass is 10.1. The molecule has 6 nitrogen and oxygen atoms in total. The third-order valence-electron chi connectivity index (χ3n) is 3.42. The molecule has 0 aliphatic carbocycles. The minimum atomic E-state index is -0.440. The predicted molar refractivity (Wildman–Crippen MR) is 85.0 cm³/mol.